The molecular weight excluding hydrogens is 364 g/mol. The molecule has 0 aliphatic carbocycles. The zero-order chi connectivity index (χ0) is 17.0. The number of aliphatic imine (C=N–C) groups is 1. The van der Waals surface area contributed by atoms with E-state index in [4.69, 9.17) is 0 Å². The van der Waals surface area contributed by atoms with Crippen LogP contribution in [0.2, 0.25) is 0 Å². The Balaban J connectivity index is 1.69. The minimum atomic E-state index is -3.03. The molecule has 0 N–H and O–H groups in total. The van der Waals surface area contributed by atoms with Crippen LogP contribution < -0.4 is 0 Å². The highest BCUT2D eigenvalue weighted by Crippen LogP contribution is 2.25. The van der Waals surface area contributed by atoms with Crippen molar-refractivity contribution in [3.8, 4) is 0 Å². The third-order valence-electron chi connectivity index (χ3n) is 4.04. The Labute approximate surface area is 151 Å². The minimum absolute atomic E-state index is 0.0128. The third kappa shape index (κ3) is 4.77. The summed E-state index contributed by atoms with van der Waals surface area (Å²) in [6.45, 7) is 1.27. The van der Waals surface area contributed by atoms with E-state index in [1.807, 2.05) is 30.3 Å². The molecule has 2 aliphatic rings. The van der Waals surface area contributed by atoms with Crippen LogP contribution in [-0.2, 0) is 21.2 Å². The van der Waals surface area contributed by atoms with Crippen LogP contribution in [0.15, 0.2) is 35.3 Å². The summed E-state index contributed by atoms with van der Waals surface area (Å²) in [5.74, 6) is 1.53. The summed E-state index contributed by atoms with van der Waals surface area (Å²) < 4.78 is 24.6. The molecule has 0 saturated carbocycles. The average Bonchev–Trinajstić information content (AvgIpc) is 3.20. The Kier molecular flexibility index (Phi) is 5.89. The van der Waals surface area contributed by atoms with Gasteiger partial charge in [0.1, 0.15) is 4.38 Å². The van der Waals surface area contributed by atoms with Crippen LogP contribution in [0.1, 0.15) is 12.0 Å². The van der Waals surface area contributed by atoms with Gasteiger partial charge in [-0.05, 0) is 12.0 Å². The van der Waals surface area contributed by atoms with Crippen LogP contribution in [0.4, 0.5) is 0 Å². The fourth-order valence-electron chi connectivity index (χ4n) is 2.83. The first-order valence-corrected chi connectivity index (χ1v) is 11.7. The van der Waals surface area contributed by atoms with Gasteiger partial charge in [0.05, 0.1) is 23.8 Å². The molecule has 3 rings (SSSR count). The van der Waals surface area contributed by atoms with E-state index in [1.54, 1.807) is 16.7 Å². The smallest absolute Gasteiger partial charge is 0.233 e. The Morgan fingerprint density at radius 1 is 1.33 bits per heavy atom. The lowest BCUT2D eigenvalue weighted by molar-refractivity contribution is -0.130. The molecule has 24 heavy (non-hydrogen) atoms. The summed E-state index contributed by atoms with van der Waals surface area (Å²) in [4.78, 5) is 18.8. The average molecular weight is 385 g/mol. The molecule has 2 aliphatic heterocycles. The summed E-state index contributed by atoms with van der Waals surface area (Å²) in [6, 6.07) is 9.51. The van der Waals surface area contributed by atoms with Crippen molar-refractivity contribution in [2.24, 2.45) is 4.99 Å². The first-order valence-electron chi connectivity index (χ1n) is 7.87. The van der Waals surface area contributed by atoms with Crippen molar-refractivity contribution < 1.29 is 13.2 Å². The Hall–Kier alpha value is -0.990. The molecule has 0 aromatic heterocycles. The highest BCUT2D eigenvalue weighted by Gasteiger charge is 2.34. The van der Waals surface area contributed by atoms with Gasteiger partial charge in [0.2, 0.25) is 5.91 Å². The number of nitrogens with zero attached hydrogens (tertiary/aromatic N) is 2. The lowest BCUT2D eigenvalue weighted by atomic mass is 10.1. The molecule has 0 spiro atoms. The van der Waals surface area contributed by atoms with E-state index in [9.17, 15) is 13.2 Å². The molecule has 1 unspecified atom stereocenters. The molecule has 1 aromatic rings. The number of amides is 1. The summed E-state index contributed by atoms with van der Waals surface area (Å²) in [5, 5.41) is 0. The van der Waals surface area contributed by atoms with Gasteiger partial charge in [-0.15, -0.1) is 0 Å². The van der Waals surface area contributed by atoms with E-state index in [1.165, 1.54) is 11.8 Å². The van der Waals surface area contributed by atoms with E-state index in [0.717, 1.165) is 22.2 Å². The number of thioether (sulfide) groups is 2. The molecular formula is C16H20N2O3S3. The van der Waals surface area contributed by atoms with E-state index in [0.29, 0.717) is 18.7 Å². The normalized spacial score (nSPS) is 22.3. The number of hydrogen-bond acceptors (Lipinski definition) is 6. The second-order valence-electron chi connectivity index (χ2n) is 5.85. The van der Waals surface area contributed by atoms with Crippen LogP contribution in [0, 0.1) is 0 Å². The zero-order valence-electron chi connectivity index (χ0n) is 13.3. The predicted octanol–water partition coefficient (Wildman–Crippen LogP) is 2.04. The minimum Gasteiger partial charge on any atom is -0.334 e. The molecule has 1 atom stereocenters. The Bertz CT molecular complexity index is 719. The number of rotatable bonds is 5. The molecule has 0 bridgehead atoms. The quantitative estimate of drug-likeness (QED) is 0.777. The number of benzene rings is 1. The van der Waals surface area contributed by atoms with Crippen molar-refractivity contribution in [3.05, 3.63) is 35.9 Å². The molecule has 2 heterocycles. The maximum absolute atomic E-state index is 12.7. The van der Waals surface area contributed by atoms with Gasteiger partial charge in [-0.1, -0.05) is 53.9 Å². The van der Waals surface area contributed by atoms with Crippen molar-refractivity contribution in [3.63, 3.8) is 0 Å². The third-order valence-corrected chi connectivity index (χ3v) is 8.03. The first kappa shape index (κ1) is 17.8. The van der Waals surface area contributed by atoms with Crippen LogP contribution in [0.5, 0.6) is 0 Å². The number of hydrogen-bond donors (Lipinski definition) is 0. The predicted molar refractivity (Wildman–Crippen MR) is 101 cm³/mol. The van der Waals surface area contributed by atoms with Crippen molar-refractivity contribution in [1.29, 1.82) is 0 Å². The van der Waals surface area contributed by atoms with Crippen molar-refractivity contribution in [2.75, 3.05) is 29.6 Å². The molecule has 0 radical (unpaired) electrons. The molecule has 1 saturated heterocycles. The molecule has 5 nitrogen and oxygen atoms in total. The lowest BCUT2D eigenvalue weighted by Gasteiger charge is -2.28. The molecule has 130 valence electrons. The summed E-state index contributed by atoms with van der Waals surface area (Å²) >= 11 is 3.14. The SMILES string of the molecule is O=C(CSC1=NCCS1)N(Cc1ccccc1)C1CCS(=O)(=O)C1. The molecule has 8 heteroatoms. The highest BCUT2D eigenvalue weighted by atomic mass is 32.2. The van der Waals surface area contributed by atoms with Crippen LogP contribution in [0.3, 0.4) is 0 Å². The van der Waals surface area contributed by atoms with E-state index < -0.39 is 9.84 Å². The fraction of sp³-hybridized carbons (Fsp3) is 0.500. The van der Waals surface area contributed by atoms with Crippen LogP contribution in [-0.4, -0.2) is 59.2 Å². The lowest BCUT2D eigenvalue weighted by Crippen LogP contribution is -2.41. The van der Waals surface area contributed by atoms with Gasteiger partial charge in [-0.25, -0.2) is 8.42 Å². The monoisotopic (exact) mass is 384 g/mol. The summed E-state index contributed by atoms with van der Waals surface area (Å²) in [7, 11) is -3.03. The Morgan fingerprint density at radius 3 is 2.75 bits per heavy atom. The van der Waals surface area contributed by atoms with Gasteiger partial charge in [0.25, 0.3) is 0 Å². The Morgan fingerprint density at radius 2 is 2.12 bits per heavy atom. The summed E-state index contributed by atoms with van der Waals surface area (Å²) in [5.41, 5.74) is 1.02. The molecule has 1 aromatic carbocycles. The van der Waals surface area contributed by atoms with Gasteiger partial charge in [-0.2, -0.15) is 0 Å². The molecule has 1 fully saturated rings. The van der Waals surface area contributed by atoms with Gasteiger partial charge < -0.3 is 4.90 Å². The second kappa shape index (κ2) is 7.93. The molecule has 1 amide bonds. The van der Waals surface area contributed by atoms with Crippen molar-refractivity contribution in [2.45, 2.75) is 19.0 Å². The van der Waals surface area contributed by atoms with E-state index >= 15 is 0 Å². The number of carbonyl (C=O) groups excluding carboxylic acids is 1. The fourth-order valence-corrected chi connectivity index (χ4v) is 6.46. The van der Waals surface area contributed by atoms with E-state index in [2.05, 4.69) is 4.99 Å². The van der Waals surface area contributed by atoms with Crippen LogP contribution in [0.25, 0.3) is 0 Å². The number of carbonyl (C=O) groups is 1. The van der Waals surface area contributed by atoms with Gasteiger partial charge in [0, 0.05) is 18.3 Å². The topological polar surface area (TPSA) is 66.8 Å². The van der Waals surface area contributed by atoms with Gasteiger partial charge in [-0.3, -0.25) is 9.79 Å². The largest absolute Gasteiger partial charge is 0.334 e. The zero-order valence-corrected chi connectivity index (χ0v) is 15.7. The maximum Gasteiger partial charge on any atom is 0.233 e. The van der Waals surface area contributed by atoms with Gasteiger partial charge >= 0.3 is 0 Å². The second-order valence-corrected chi connectivity index (χ2v) is 10.4. The highest BCUT2D eigenvalue weighted by molar-refractivity contribution is 8.39. The number of sulfone groups is 1. The first-order chi connectivity index (χ1) is 11.5. The standard InChI is InChI=1S/C16H20N2O3S3/c19-15(11-23-16-17-7-8-22-16)18(10-13-4-2-1-3-5-13)14-6-9-24(20,21)12-14/h1-5,14H,6-12H2. The van der Waals surface area contributed by atoms with Crippen LogP contribution >= 0.6 is 23.5 Å². The summed E-state index contributed by atoms with van der Waals surface area (Å²) in [6.07, 6.45) is 0.529. The maximum atomic E-state index is 12.7. The van der Waals surface area contributed by atoms with Crippen molar-refractivity contribution in [1.82, 2.24) is 4.90 Å². The van der Waals surface area contributed by atoms with E-state index in [-0.39, 0.29) is 23.5 Å². The van der Waals surface area contributed by atoms with Gasteiger partial charge in [0.15, 0.2) is 9.84 Å². The van der Waals surface area contributed by atoms with Crippen molar-refractivity contribution >= 4 is 43.6 Å².